The molecule has 0 unspecified atom stereocenters. The highest BCUT2D eigenvalue weighted by molar-refractivity contribution is 14.1. The SMILES string of the molecule is O=NSB(I)OBr.[B]. The first kappa shape index (κ1) is 12.0. The van der Waals surface area contributed by atoms with Crippen LogP contribution in [0.4, 0.5) is 0 Å². The predicted molar refractivity (Wildman–Crippen MR) is 48.9 cm³/mol. The van der Waals surface area contributed by atoms with Crippen LogP contribution in [0, 0.1) is 4.91 Å². The first-order chi connectivity index (χ1) is 3.31. The molecule has 0 saturated heterocycles. The largest absolute Gasteiger partial charge is 0.473 e. The molecule has 0 spiro atoms. The van der Waals surface area contributed by atoms with E-state index in [1.165, 1.54) is 0 Å². The summed E-state index contributed by atoms with van der Waals surface area (Å²) in [6.07, 6.45) is 0. The van der Waals surface area contributed by atoms with Crippen LogP contribution in [-0.2, 0) is 3.75 Å². The minimum absolute atomic E-state index is 0. The van der Waals surface area contributed by atoms with E-state index < -0.39 is 0 Å². The summed E-state index contributed by atoms with van der Waals surface area (Å²) in [5, 5.41) is 0. The highest BCUT2D eigenvalue weighted by Crippen LogP contribution is 2.16. The zero-order chi connectivity index (χ0) is 5.70. The first-order valence-electron chi connectivity index (χ1n) is 1.21. The van der Waals surface area contributed by atoms with Crippen LogP contribution in [-0.4, -0.2) is 12.5 Å². The fraction of sp³-hybridized carbons (Fsp3) is 0. The van der Waals surface area contributed by atoms with E-state index >= 15 is 0 Å². The van der Waals surface area contributed by atoms with Crippen molar-refractivity contribution in [3.8, 4) is 0 Å². The van der Waals surface area contributed by atoms with Crippen LogP contribution in [0.2, 0.25) is 0 Å². The fourth-order valence-corrected chi connectivity index (χ4v) is 0.634. The summed E-state index contributed by atoms with van der Waals surface area (Å²) in [5.74, 6) is 0. The minimum Gasteiger partial charge on any atom is -0.342 e. The zero-order valence-electron chi connectivity index (χ0n) is 3.58. The van der Waals surface area contributed by atoms with Crippen molar-refractivity contribution in [3.05, 3.63) is 4.91 Å². The summed E-state index contributed by atoms with van der Waals surface area (Å²) in [6.45, 7) is 0. The van der Waals surface area contributed by atoms with E-state index in [1.807, 2.05) is 22.4 Å². The molecule has 0 aliphatic carbocycles. The third kappa shape index (κ3) is 7.25. The Hall–Kier alpha value is 1.25. The van der Waals surface area contributed by atoms with Gasteiger partial charge in [-0.2, -0.15) is 0 Å². The Balaban J connectivity index is 0. The monoisotopic (exact) mass is 306 g/mol. The molecule has 8 heteroatoms. The number of hydrogen-bond donors (Lipinski definition) is 0. The molecule has 0 heterocycles. The molecule has 43 valence electrons. The van der Waals surface area contributed by atoms with E-state index in [0.29, 0.717) is 0 Å². The van der Waals surface area contributed by atoms with Gasteiger partial charge in [-0.25, -0.2) is 0 Å². The van der Waals surface area contributed by atoms with Gasteiger partial charge in [0, 0.05) is 20.2 Å². The van der Waals surface area contributed by atoms with E-state index in [0.717, 1.165) is 11.8 Å². The molecule has 0 bridgehead atoms. The molecule has 3 nitrogen and oxygen atoms in total. The van der Waals surface area contributed by atoms with Gasteiger partial charge in [0.25, 0.3) is 0 Å². The molecule has 0 aromatic carbocycles. The van der Waals surface area contributed by atoms with Crippen molar-refractivity contribution < 1.29 is 3.75 Å². The van der Waals surface area contributed by atoms with Crippen molar-refractivity contribution in [1.82, 2.24) is 0 Å². The highest BCUT2D eigenvalue weighted by Gasteiger charge is 2.10. The van der Waals surface area contributed by atoms with E-state index in [1.54, 1.807) is 0 Å². The second-order valence-electron chi connectivity index (χ2n) is 0.543. The highest BCUT2D eigenvalue weighted by atomic mass is 127. The Bertz CT molecular complexity index is 66.0. The average Bonchev–Trinajstić information content (AvgIpc) is 1.68. The van der Waals surface area contributed by atoms with Crippen molar-refractivity contribution in [1.29, 1.82) is 0 Å². The van der Waals surface area contributed by atoms with Crippen LogP contribution in [0.5, 0.6) is 0 Å². The van der Waals surface area contributed by atoms with Crippen LogP contribution in [0.25, 0.3) is 0 Å². The fourth-order valence-electron chi connectivity index (χ4n) is 0.0501. The van der Waals surface area contributed by atoms with Crippen molar-refractivity contribution in [2.45, 2.75) is 0 Å². The van der Waals surface area contributed by atoms with Crippen molar-refractivity contribution in [2.75, 3.05) is 0 Å². The van der Waals surface area contributed by atoms with Gasteiger partial charge in [0.05, 0.1) is 16.3 Å². The average molecular weight is 307 g/mol. The molecular weight excluding hydrogens is 307 g/mol. The lowest BCUT2D eigenvalue weighted by Crippen LogP contribution is -1.91. The Kier molecular flexibility index (Phi) is 12.4. The minimum atomic E-state index is -0.227. The molecule has 0 aromatic rings. The van der Waals surface area contributed by atoms with E-state index in [4.69, 9.17) is 0 Å². The molecule has 0 atom stereocenters. The van der Waals surface area contributed by atoms with Crippen LogP contribution in [0.3, 0.4) is 0 Å². The standard InChI is InChI=1S/BBrINO2S.B/c2-6-1(3)7-4-5;. The quantitative estimate of drug-likeness (QED) is 0.345. The third-order valence-corrected chi connectivity index (χ3v) is 2.80. The molecule has 8 heavy (non-hydrogen) atoms. The van der Waals surface area contributed by atoms with Crippen LogP contribution >= 0.6 is 50.4 Å². The molecule has 3 radical (unpaired) electrons. The molecule has 0 rings (SSSR count). The lowest BCUT2D eigenvalue weighted by molar-refractivity contribution is 0.753. The normalized spacial score (nSPS) is 7.25. The second-order valence-corrected chi connectivity index (χ2v) is 3.68. The number of nitroso groups, excluding NO2 is 1. The summed E-state index contributed by atoms with van der Waals surface area (Å²) in [6, 6.07) is 0. The lowest BCUT2D eigenvalue weighted by Gasteiger charge is -1.87. The summed E-state index contributed by atoms with van der Waals surface area (Å²) in [5.41, 5.74) is 0. The third-order valence-electron chi connectivity index (χ3n) is 0.196. The Morgan fingerprint density at radius 1 is 1.88 bits per heavy atom. The summed E-state index contributed by atoms with van der Waals surface area (Å²) in [7, 11) is 0. The summed E-state index contributed by atoms with van der Waals surface area (Å²) in [4.78, 5) is 9.38. The van der Waals surface area contributed by atoms with E-state index in [2.05, 4.69) is 24.6 Å². The van der Waals surface area contributed by atoms with Gasteiger partial charge in [-0.3, -0.25) is 0 Å². The maximum atomic E-state index is 9.38. The predicted octanol–water partition coefficient (Wildman–Crippen LogP) is 1.77. The van der Waals surface area contributed by atoms with Crippen LogP contribution in [0.15, 0.2) is 4.58 Å². The number of halogens is 2. The van der Waals surface area contributed by atoms with Crippen LogP contribution < -0.4 is 0 Å². The molecule has 0 amide bonds. The molecule has 0 N–H and O–H groups in total. The van der Waals surface area contributed by atoms with Gasteiger partial charge in [-0.1, -0.05) is 22.4 Å². The Morgan fingerprint density at radius 3 is 2.50 bits per heavy atom. The molecular formula is B2BrINO2S. The van der Waals surface area contributed by atoms with Gasteiger partial charge in [0.1, 0.15) is 0 Å². The number of nitrogens with zero attached hydrogens (tertiary/aromatic N) is 1. The van der Waals surface area contributed by atoms with Crippen LogP contribution in [0.1, 0.15) is 0 Å². The molecule has 0 saturated carbocycles. The van der Waals surface area contributed by atoms with E-state index in [-0.39, 0.29) is 12.5 Å². The molecule has 0 fully saturated rings. The maximum absolute atomic E-state index is 9.38. The summed E-state index contributed by atoms with van der Waals surface area (Å²) < 4.78 is 6.74. The Morgan fingerprint density at radius 2 is 2.38 bits per heavy atom. The van der Waals surface area contributed by atoms with Gasteiger partial charge < -0.3 is 3.75 Å². The van der Waals surface area contributed by atoms with Crippen molar-refractivity contribution in [3.63, 3.8) is 0 Å². The van der Waals surface area contributed by atoms with Crippen molar-refractivity contribution >= 4 is 62.9 Å². The lowest BCUT2D eigenvalue weighted by atomic mass is 10.6. The second kappa shape index (κ2) is 8.25. The topological polar surface area (TPSA) is 38.7 Å². The van der Waals surface area contributed by atoms with E-state index in [9.17, 15) is 4.91 Å². The smallest absolute Gasteiger partial charge is 0.342 e. The molecule has 0 aromatic heterocycles. The molecule has 0 aliphatic rings. The number of rotatable bonds is 3. The van der Waals surface area contributed by atoms with Gasteiger partial charge >= 0.3 is 4.05 Å². The maximum Gasteiger partial charge on any atom is 0.473 e. The first-order valence-corrected chi connectivity index (χ1v) is 3.94. The molecule has 0 aliphatic heterocycles. The van der Waals surface area contributed by atoms with Gasteiger partial charge in [-0.15, -0.1) is 4.91 Å². The van der Waals surface area contributed by atoms with Gasteiger partial charge in [0.2, 0.25) is 0 Å². The van der Waals surface area contributed by atoms with Gasteiger partial charge in [-0.05, 0) is 4.58 Å². The zero-order valence-corrected chi connectivity index (χ0v) is 8.14. The Labute approximate surface area is 75.7 Å². The summed E-state index contributed by atoms with van der Waals surface area (Å²) >= 11 is 5.41. The van der Waals surface area contributed by atoms with Gasteiger partial charge in [0.15, 0.2) is 0 Å². The number of hydrogen-bond acceptors (Lipinski definition) is 4. The van der Waals surface area contributed by atoms with Crippen molar-refractivity contribution in [2.24, 2.45) is 4.58 Å².